The first kappa shape index (κ1) is 9.82. The van der Waals surface area contributed by atoms with E-state index < -0.39 is 0 Å². The topological polar surface area (TPSA) is 26.3 Å². The van der Waals surface area contributed by atoms with E-state index in [4.69, 9.17) is 0 Å². The second kappa shape index (κ2) is 5.59. The van der Waals surface area contributed by atoms with Crippen LogP contribution in [0.4, 0.5) is 0 Å². The summed E-state index contributed by atoms with van der Waals surface area (Å²) in [6, 6.07) is 0. The highest BCUT2D eigenvalue weighted by atomic mass is 32.2. The van der Waals surface area contributed by atoms with Crippen LogP contribution in [-0.4, -0.2) is 24.6 Å². The van der Waals surface area contributed by atoms with Gasteiger partial charge in [-0.25, -0.2) is 0 Å². The lowest BCUT2D eigenvalue weighted by Crippen LogP contribution is -2.05. The quantitative estimate of drug-likeness (QED) is 0.587. The summed E-state index contributed by atoms with van der Waals surface area (Å²) in [5.41, 5.74) is 0. The normalized spacial score (nSPS) is 10.0. The number of carbonyl (C=O) groups excluding carboxylic acids is 1. The number of methoxy groups -OCH3 is 1. The maximum absolute atomic E-state index is 10.6. The standard InChI is InChI=1S/C7H14O2S/c1-6(2)4-10-5-7(8)9-3/h6H,4-5H2,1-3H3. The highest BCUT2D eigenvalue weighted by Crippen LogP contribution is 2.06. The molecule has 0 aromatic heterocycles. The molecule has 0 aliphatic rings. The van der Waals surface area contributed by atoms with Gasteiger partial charge in [0, 0.05) is 0 Å². The minimum atomic E-state index is -0.134. The summed E-state index contributed by atoms with van der Waals surface area (Å²) < 4.78 is 4.47. The van der Waals surface area contributed by atoms with Gasteiger partial charge in [-0.3, -0.25) is 4.79 Å². The van der Waals surface area contributed by atoms with Gasteiger partial charge < -0.3 is 4.74 Å². The molecule has 0 rings (SSSR count). The van der Waals surface area contributed by atoms with E-state index in [1.165, 1.54) is 7.11 Å². The van der Waals surface area contributed by atoms with Crippen LogP contribution >= 0.6 is 11.8 Å². The van der Waals surface area contributed by atoms with Gasteiger partial charge in [0.05, 0.1) is 12.9 Å². The average Bonchev–Trinajstić information content (AvgIpc) is 1.87. The minimum absolute atomic E-state index is 0.134. The van der Waals surface area contributed by atoms with Crippen LogP contribution in [0, 0.1) is 5.92 Å². The van der Waals surface area contributed by atoms with Crippen LogP contribution in [0.3, 0.4) is 0 Å². The number of hydrogen-bond acceptors (Lipinski definition) is 3. The Kier molecular flexibility index (Phi) is 5.49. The molecule has 2 nitrogen and oxygen atoms in total. The highest BCUT2D eigenvalue weighted by Gasteiger charge is 2.00. The van der Waals surface area contributed by atoms with Gasteiger partial charge in [-0.15, -0.1) is 11.8 Å². The Balaban J connectivity index is 3.12. The Hall–Kier alpha value is -0.180. The Morgan fingerprint density at radius 2 is 2.20 bits per heavy atom. The maximum Gasteiger partial charge on any atom is 0.315 e. The van der Waals surface area contributed by atoms with Crippen LogP contribution in [0.1, 0.15) is 13.8 Å². The molecule has 0 aromatic rings. The second-order valence-electron chi connectivity index (χ2n) is 2.49. The third kappa shape index (κ3) is 5.95. The van der Waals surface area contributed by atoms with Crippen LogP contribution in [0.5, 0.6) is 0 Å². The molecule has 0 unspecified atom stereocenters. The predicted molar refractivity (Wildman–Crippen MR) is 44.2 cm³/mol. The van der Waals surface area contributed by atoms with Gasteiger partial charge in [0.1, 0.15) is 0 Å². The van der Waals surface area contributed by atoms with Gasteiger partial charge >= 0.3 is 5.97 Å². The van der Waals surface area contributed by atoms with Crippen LogP contribution in [0.25, 0.3) is 0 Å². The van der Waals surface area contributed by atoms with Gasteiger partial charge in [-0.05, 0) is 11.7 Å². The zero-order valence-electron chi connectivity index (χ0n) is 6.72. The molecule has 0 atom stereocenters. The molecular formula is C7H14O2S. The lowest BCUT2D eigenvalue weighted by Gasteiger charge is -2.01. The lowest BCUT2D eigenvalue weighted by atomic mass is 10.3. The first-order valence-corrected chi connectivity index (χ1v) is 4.47. The van der Waals surface area contributed by atoms with Crippen LogP contribution in [-0.2, 0) is 9.53 Å². The summed E-state index contributed by atoms with van der Waals surface area (Å²) in [5, 5.41) is 0. The van der Waals surface area contributed by atoms with Gasteiger partial charge in [-0.1, -0.05) is 13.8 Å². The van der Waals surface area contributed by atoms with Gasteiger partial charge in [0.2, 0.25) is 0 Å². The van der Waals surface area contributed by atoms with E-state index in [1.807, 2.05) is 0 Å². The average molecular weight is 162 g/mol. The third-order valence-electron chi connectivity index (χ3n) is 0.899. The molecule has 0 amide bonds. The van der Waals surface area contributed by atoms with E-state index in [0.717, 1.165) is 5.75 Å². The molecule has 0 bridgehead atoms. The van der Waals surface area contributed by atoms with Crippen LogP contribution in [0.2, 0.25) is 0 Å². The summed E-state index contributed by atoms with van der Waals surface area (Å²) in [7, 11) is 1.41. The molecule has 0 aliphatic carbocycles. The monoisotopic (exact) mass is 162 g/mol. The maximum atomic E-state index is 10.6. The smallest absolute Gasteiger partial charge is 0.315 e. The number of thioether (sulfide) groups is 1. The van der Waals surface area contributed by atoms with Gasteiger partial charge in [0.25, 0.3) is 0 Å². The molecule has 60 valence electrons. The van der Waals surface area contributed by atoms with Crippen LogP contribution < -0.4 is 0 Å². The van der Waals surface area contributed by atoms with E-state index in [-0.39, 0.29) is 5.97 Å². The van der Waals surface area contributed by atoms with Gasteiger partial charge in [0.15, 0.2) is 0 Å². The van der Waals surface area contributed by atoms with E-state index in [9.17, 15) is 4.79 Å². The van der Waals surface area contributed by atoms with Crippen LogP contribution in [0.15, 0.2) is 0 Å². The van der Waals surface area contributed by atoms with Crippen molar-refractivity contribution < 1.29 is 9.53 Å². The molecule has 10 heavy (non-hydrogen) atoms. The summed E-state index contributed by atoms with van der Waals surface area (Å²) in [5.74, 6) is 2.02. The number of hydrogen-bond donors (Lipinski definition) is 0. The SMILES string of the molecule is COC(=O)CSCC(C)C. The van der Waals surface area contributed by atoms with Crippen molar-refractivity contribution >= 4 is 17.7 Å². The largest absolute Gasteiger partial charge is 0.468 e. The Morgan fingerprint density at radius 3 is 2.60 bits per heavy atom. The molecule has 0 saturated heterocycles. The molecule has 0 N–H and O–H groups in total. The highest BCUT2D eigenvalue weighted by molar-refractivity contribution is 7.99. The van der Waals surface area contributed by atoms with E-state index in [1.54, 1.807) is 11.8 Å². The van der Waals surface area contributed by atoms with Crippen molar-refractivity contribution in [3.05, 3.63) is 0 Å². The van der Waals surface area contributed by atoms with Crippen molar-refractivity contribution in [2.75, 3.05) is 18.6 Å². The summed E-state index contributed by atoms with van der Waals surface area (Å²) in [4.78, 5) is 10.6. The minimum Gasteiger partial charge on any atom is -0.468 e. The molecule has 0 aromatic carbocycles. The van der Waals surface area contributed by atoms with Crippen molar-refractivity contribution in [1.29, 1.82) is 0 Å². The molecule has 3 heteroatoms. The lowest BCUT2D eigenvalue weighted by molar-refractivity contribution is -0.137. The molecular weight excluding hydrogens is 148 g/mol. The van der Waals surface area contributed by atoms with Crippen molar-refractivity contribution in [2.24, 2.45) is 5.92 Å². The fourth-order valence-electron chi connectivity index (χ4n) is 0.437. The second-order valence-corrected chi connectivity index (χ2v) is 3.52. The third-order valence-corrected chi connectivity index (χ3v) is 2.24. The molecule has 0 fully saturated rings. The van der Waals surface area contributed by atoms with Gasteiger partial charge in [-0.2, -0.15) is 0 Å². The van der Waals surface area contributed by atoms with Crippen molar-refractivity contribution in [3.8, 4) is 0 Å². The summed E-state index contributed by atoms with van der Waals surface area (Å²) in [6.45, 7) is 4.26. The molecule has 0 radical (unpaired) electrons. The fraction of sp³-hybridized carbons (Fsp3) is 0.857. The summed E-state index contributed by atoms with van der Waals surface area (Å²) in [6.07, 6.45) is 0. The molecule has 0 saturated carbocycles. The number of esters is 1. The number of ether oxygens (including phenoxy) is 1. The Labute approximate surface area is 66.3 Å². The molecule has 0 aliphatic heterocycles. The molecule has 0 heterocycles. The van der Waals surface area contributed by atoms with Crippen molar-refractivity contribution in [2.45, 2.75) is 13.8 Å². The predicted octanol–water partition coefficient (Wildman–Crippen LogP) is 1.55. The zero-order valence-corrected chi connectivity index (χ0v) is 7.53. The summed E-state index contributed by atoms with van der Waals surface area (Å²) >= 11 is 1.62. The zero-order chi connectivity index (χ0) is 7.98. The Morgan fingerprint density at radius 1 is 1.60 bits per heavy atom. The fourth-order valence-corrected chi connectivity index (χ4v) is 1.31. The number of carbonyl (C=O) groups is 1. The number of rotatable bonds is 4. The van der Waals surface area contributed by atoms with E-state index in [2.05, 4.69) is 18.6 Å². The first-order valence-electron chi connectivity index (χ1n) is 3.31. The van der Waals surface area contributed by atoms with E-state index in [0.29, 0.717) is 11.7 Å². The van der Waals surface area contributed by atoms with E-state index >= 15 is 0 Å². The first-order chi connectivity index (χ1) is 4.66. The Bertz CT molecular complexity index is 102. The molecule has 0 spiro atoms. The van der Waals surface area contributed by atoms with Crippen molar-refractivity contribution in [1.82, 2.24) is 0 Å². The van der Waals surface area contributed by atoms with Crippen molar-refractivity contribution in [3.63, 3.8) is 0 Å².